The molecule has 1 aromatic heterocycles. The van der Waals surface area contributed by atoms with Gasteiger partial charge in [-0.25, -0.2) is 13.4 Å². The number of benzene rings is 2. The Morgan fingerprint density at radius 1 is 1.09 bits per heavy atom. The van der Waals surface area contributed by atoms with Crippen molar-refractivity contribution >= 4 is 21.5 Å². The SMILES string of the molecule is COc1ccc(C2=NN(C(=O)CS(=O)(=O)c3c(C)cccc3C)C(c3ccco3)C2)cc1. The Labute approximate surface area is 187 Å². The highest BCUT2D eigenvalue weighted by molar-refractivity contribution is 7.92. The predicted octanol–water partition coefficient (Wildman–Crippen LogP) is 4.06. The van der Waals surface area contributed by atoms with E-state index in [4.69, 9.17) is 9.15 Å². The van der Waals surface area contributed by atoms with Gasteiger partial charge in [0, 0.05) is 6.42 Å². The van der Waals surface area contributed by atoms with Crippen molar-refractivity contribution in [2.45, 2.75) is 31.2 Å². The summed E-state index contributed by atoms with van der Waals surface area (Å²) in [6, 6.07) is 15.6. The first kappa shape index (κ1) is 21.8. The molecule has 0 bridgehead atoms. The molecule has 0 saturated heterocycles. The largest absolute Gasteiger partial charge is 0.497 e. The number of hydrogen-bond donors (Lipinski definition) is 0. The van der Waals surface area contributed by atoms with Crippen LogP contribution in [0, 0.1) is 13.8 Å². The van der Waals surface area contributed by atoms with E-state index in [-0.39, 0.29) is 4.90 Å². The summed E-state index contributed by atoms with van der Waals surface area (Å²) in [4.78, 5) is 13.4. The molecule has 0 radical (unpaired) electrons. The van der Waals surface area contributed by atoms with Crippen molar-refractivity contribution in [1.29, 1.82) is 0 Å². The fraction of sp³-hybridized carbons (Fsp3) is 0.250. The first-order chi connectivity index (χ1) is 15.3. The monoisotopic (exact) mass is 452 g/mol. The molecule has 0 aliphatic carbocycles. The average Bonchev–Trinajstić information content (AvgIpc) is 3.43. The minimum absolute atomic E-state index is 0.196. The number of hydrazone groups is 1. The Morgan fingerprint density at radius 3 is 2.38 bits per heavy atom. The Kier molecular flexibility index (Phi) is 5.88. The van der Waals surface area contributed by atoms with Crippen LogP contribution < -0.4 is 4.74 Å². The molecule has 1 atom stereocenters. The van der Waals surface area contributed by atoms with E-state index < -0.39 is 27.5 Å². The third kappa shape index (κ3) is 4.18. The van der Waals surface area contributed by atoms with E-state index >= 15 is 0 Å². The number of carbonyl (C=O) groups is 1. The molecule has 0 spiro atoms. The van der Waals surface area contributed by atoms with E-state index in [1.165, 1.54) is 11.3 Å². The molecule has 0 N–H and O–H groups in total. The van der Waals surface area contributed by atoms with Crippen LogP contribution in [0.15, 0.2) is 75.3 Å². The molecule has 1 aliphatic rings. The van der Waals surface area contributed by atoms with Crippen LogP contribution >= 0.6 is 0 Å². The Hall–Kier alpha value is -3.39. The molecule has 1 aliphatic heterocycles. The van der Waals surface area contributed by atoms with Crippen LogP contribution in [-0.4, -0.2) is 37.9 Å². The third-order valence-electron chi connectivity index (χ3n) is 5.49. The van der Waals surface area contributed by atoms with E-state index in [0.717, 1.165) is 5.56 Å². The van der Waals surface area contributed by atoms with E-state index in [9.17, 15) is 13.2 Å². The number of rotatable bonds is 6. The van der Waals surface area contributed by atoms with Gasteiger partial charge in [-0.2, -0.15) is 5.10 Å². The molecule has 0 fully saturated rings. The first-order valence-electron chi connectivity index (χ1n) is 10.2. The van der Waals surface area contributed by atoms with Gasteiger partial charge in [-0.05, 0) is 66.9 Å². The van der Waals surface area contributed by atoms with Gasteiger partial charge in [0.05, 0.1) is 24.0 Å². The maximum Gasteiger partial charge on any atom is 0.258 e. The molecule has 32 heavy (non-hydrogen) atoms. The van der Waals surface area contributed by atoms with Crippen molar-refractivity contribution in [3.8, 4) is 5.75 Å². The van der Waals surface area contributed by atoms with E-state index in [2.05, 4.69) is 5.10 Å². The van der Waals surface area contributed by atoms with Crippen molar-refractivity contribution in [1.82, 2.24) is 5.01 Å². The number of sulfone groups is 1. The molecular formula is C24H24N2O5S. The van der Waals surface area contributed by atoms with Crippen molar-refractivity contribution in [2.75, 3.05) is 12.9 Å². The van der Waals surface area contributed by atoms with Crippen LogP contribution in [0.2, 0.25) is 0 Å². The summed E-state index contributed by atoms with van der Waals surface area (Å²) < 4.78 is 37.0. The third-order valence-corrected chi connectivity index (χ3v) is 7.39. The summed E-state index contributed by atoms with van der Waals surface area (Å²) in [5.41, 5.74) is 2.73. The van der Waals surface area contributed by atoms with Gasteiger partial charge < -0.3 is 9.15 Å². The average molecular weight is 453 g/mol. The van der Waals surface area contributed by atoms with Crippen LogP contribution in [0.1, 0.15) is 34.9 Å². The smallest absolute Gasteiger partial charge is 0.258 e. The molecule has 2 aromatic carbocycles. The van der Waals surface area contributed by atoms with Crippen molar-refractivity contribution in [2.24, 2.45) is 5.10 Å². The lowest BCUT2D eigenvalue weighted by molar-refractivity contribution is -0.130. The topological polar surface area (TPSA) is 89.2 Å². The summed E-state index contributed by atoms with van der Waals surface area (Å²) in [6.07, 6.45) is 1.94. The number of carbonyl (C=O) groups excluding carboxylic acids is 1. The number of methoxy groups -OCH3 is 1. The maximum atomic E-state index is 13.2. The molecule has 4 rings (SSSR count). The highest BCUT2D eigenvalue weighted by Crippen LogP contribution is 2.34. The van der Waals surface area contributed by atoms with Gasteiger partial charge in [0.2, 0.25) is 0 Å². The first-order valence-corrected chi connectivity index (χ1v) is 11.8. The fourth-order valence-electron chi connectivity index (χ4n) is 3.99. The standard InChI is InChI=1S/C24H24N2O5S/c1-16-6-4-7-17(2)24(16)32(28,29)15-23(27)26-21(22-8-5-13-31-22)14-20(25-26)18-9-11-19(30-3)12-10-18/h4-13,21H,14-15H2,1-3H3. The van der Waals surface area contributed by atoms with Crippen LogP contribution in [-0.2, 0) is 14.6 Å². The molecular weight excluding hydrogens is 428 g/mol. The molecule has 1 unspecified atom stereocenters. The van der Waals surface area contributed by atoms with E-state index in [1.807, 2.05) is 24.3 Å². The van der Waals surface area contributed by atoms with Gasteiger partial charge >= 0.3 is 0 Å². The van der Waals surface area contributed by atoms with Gasteiger partial charge in [-0.3, -0.25) is 4.79 Å². The zero-order valence-electron chi connectivity index (χ0n) is 18.1. The Morgan fingerprint density at radius 2 is 1.78 bits per heavy atom. The second-order valence-electron chi connectivity index (χ2n) is 7.73. The lowest BCUT2D eigenvalue weighted by Gasteiger charge is -2.20. The Balaban J connectivity index is 1.66. The second kappa shape index (κ2) is 8.63. The normalized spacial score (nSPS) is 16.2. The molecule has 2 heterocycles. The van der Waals surface area contributed by atoms with Gasteiger partial charge in [0.25, 0.3) is 5.91 Å². The Bertz CT molecular complexity index is 1240. The lowest BCUT2D eigenvalue weighted by atomic mass is 10.0. The summed E-state index contributed by atoms with van der Waals surface area (Å²) in [7, 11) is -2.26. The van der Waals surface area contributed by atoms with Crippen LogP contribution in [0.3, 0.4) is 0 Å². The predicted molar refractivity (Wildman–Crippen MR) is 120 cm³/mol. The number of ether oxygens (including phenoxy) is 1. The zero-order chi connectivity index (χ0) is 22.9. The summed E-state index contributed by atoms with van der Waals surface area (Å²) >= 11 is 0. The van der Waals surface area contributed by atoms with Crippen molar-refractivity contribution in [3.63, 3.8) is 0 Å². The quantitative estimate of drug-likeness (QED) is 0.563. The van der Waals surface area contributed by atoms with Crippen LogP contribution in [0.5, 0.6) is 5.75 Å². The zero-order valence-corrected chi connectivity index (χ0v) is 18.9. The van der Waals surface area contributed by atoms with Gasteiger partial charge in [0.15, 0.2) is 9.84 Å². The molecule has 7 nitrogen and oxygen atoms in total. The minimum atomic E-state index is -3.85. The summed E-state index contributed by atoms with van der Waals surface area (Å²) in [5.74, 6) is -0.00911. The number of hydrogen-bond acceptors (Lipinski definition) is 6. The minimum Gasteiger partial charge on any atom is -0.497 e. The highest BCUT2D eigenvalue weighted by Gasteiger charge is 2.37. The summed E-state index contributed by atoms with van der Waals surface area (Å²) in [6.45, 7) is 3.46. The highest BCUT2D eigenvalue weighted by atomic mass is 32.2. The van der Waals surface area contributed by atoms with Crippen LogP contribution in [0.25, 0.3) is 0 Å². The molecule has 8 heteroatoms. The lowest BCUT2D eigenvalue weighted by Crippen LogP contribution is -2.32. The molecule has 0 saturated carbocycles. The number of aryl methyl sites for hydroxylation is 2. The van der Waals surface area contributed by atoms with Gasteiger partial charge in [-0.15, -0.1) is 0 Å². The number of nitrogens with zero attached hydrogens (tertiary/aromatic N) is 2. The fourth-order valence-corrected chi connectivity index (χ4v) is 5.71. The summed E-state index contributed by atoms with van der Waals surface area (Å²) in [5, 5.41) is 5.75. The number of furan rings is 1. The molecule has 166 valence electrons. The molecule has 1 amide bonds. The van der Waals surface area contributed by atoms with Crippen LogP contribution in [0.4, 0.5) is 0 Å². The number of amides is 1. The van der Waals surface area contributed by atoms with Gasteiger partial charge in [-0.1, -0.05) is 18.2 Å². The van der Waals surface area contributed by atoms with Crippen molar-refractivity contribution in [3.05, 3.63) is 83.3 Å². The second-order valence-corrected chi connectivity index (χ2v) is 9.66. The van der Waals surface area contributed by atoms with Crippen molar-refractivity contribution < 1.29 is 22.4 Å². The molecule has 3 aromatic rings. The maximum absolute atomic E-state index is 13.2. The van der Waals surface area contributed by atoms with E-state index in [0.29, 0.717) is 34.8 Å². The van der Waals surface area contributed by atoms with Gasteiger partial charge in [0.1, 0.15) is 23.3 Å². The van der Waals surface area contributed by atoms with E-state index in [1.54, 1.807) is 51.3 Å².